The molecule has 0 saturated carbocycles. The van der Waals surface area contributed by atoms with Crippen LogP contribution in [0.25, 0.3) is 0 Å². The molecule has 6 heteroatoms. The van der Waals surface area contributed by atoms with Crippen LogP contribution in [-0.2, 0) is 26.2 Å². The first kappa shape index (κ1) is 29.1. The summed E-state index contributed by atoms with van der Waals surface area (Å²) in [5.41, 5.74) is 5.22. The van der Waals surface area contributed by atoms with Crippen LogP contribution >= 0.6 is 0 Å². The zero-order valence-corrected chi connectivity index (χ0v) is 24.9. The van der Waals surface area contributed by atoms with Crippen LogP contribution in [0.3, 0.4) is 0 Å². The van der Waals surface area contributed by atoms with E-state index in [1.165, 1.54) is 16.8 Å². The third kappa shape index (κ3) is 7.86. The maximum atomic E-state index is 13.7. The van der Waals surface area contributed by atoms with E-state index in [4.69, 9.17) is 9.47 Å². The van der Waals surface area contributed by atoms with Crippen molar-refractivity contribution >= 4 is 17.3 Å². The molecule has 0 N–H and O–H groups in total. The minimum Gasteiger partial charge on any atom is -0.381 e. The van der Waals surface area contributed by atoms with Crippen molar-refractivity contribution in [3.8, 4) is 0 Å². The standard InChI is InChI=1S/C34H49N3O3/c1-34(2,3)30-6-4-28(5-7-30)25-35-16-12-29(13-17-35)26-37(33(38)24-27-14-20-39-21-15-27)32-10-8-31(9-11-32)36-18-22-40-23-19-36/h4-11,27,29H,12-26H2,1-3H3. The zero-order valence-electron chi connectivity index (χ0n) is 24.9. The third-order valence-corrected chi connectivity index (χ3v) is 9.02. The van der Waals surface area contributed by atoms with E-state index in [1.807, 2.05) is 0 Å². The van der Waals surface area contributed by atoms with Crippen molar-refractivity contribution in [2.75, 3.05) is 69.0 Å². The fraction of sp³-hybridized carbons (Fsp3) is 0.618. The van der Waals surface area contributed by atoms with Gasteiger partial charge in [0.2, 0.25) is 5.91 Å². The van der Waals surface area contributed by atoms with Crippen LogP contribution < -0.4 is 9.80 Å². The molecule has 0 aliphatic carbocycles. The Labute approximate surface area is 241 Å². The monoisotopic (exact) mass is 547 g/mol. The van der Waals surface area contributed by atoms with Crippen molar-refractivity contribution in [1.29, 1.82) is 0 Å². The maximum absolute atomic E-state index is 13.7. The molecule has 0 bridgehead atoms. The topological polar surface area (TPSA) is 45.2 Å². The number of benzene rings is 2. The predicted molar refractivity (Wildman–Crippen MR) is 163 cm³/mol. The van der Waals surface area contributed by atoms with Gasteiger partial charge in [-0.05, 0) is 91.4 Å². The Morgan fingerprint density at radius 2 is 1.43 bits per heavy atom. The largest absolute Gasteiger partial charge is 0.381 e. The number of anilines is 2. The highest BCUT2D eigenvalue weighted by Gasteiger charge is 2.27. The highest BCUT2D eigenvalue weighted by atomic mass is 16.5. The van der Waals surface area contributed by atoms with Gasteiger partial charge in [0.15, 0.2) is 0 Å². The molecule has 3 saturated heterocycles. The van der Waals surface area contributed by atoms with Gasteiger partial charge < -0.3 is 19.3 Å². The number of nitrogens with zero attached hydrogens (tertiary/aromatic N) is 3. The predicted octanol–water partition coefficient (Wildman–Crippen LogP) is 5.88. The van der Waals surface area contributed by atoms with Crippen molar-refractivity contribution in [1.82, 2.24) is 4.90 Å². The lowest BCUT2D eigenvalue weighted by Gasteiger charge is -2.36. The summed E-state index contributed by atoms with van der Waals surface area (Å²) in [6, 6.07) is 17.8. The van der Waals surface area contributed by atoms with Crippen molar-refractivity contribution in [3.05, 3.63) is 59.7 Å². The Hall–Kier alpha value is -2.41. The first-order valence-electron chi connectivity index (χ1n) is 15.5. The highest BCUT2D eigenvalue weighted by Crippen LogP contribution is 2.29. The molecule has 3 aliphatic rings. The minimum atomic E-state index is 0.188. The number of ether oxygens (including phenoxy) is 2. The van der Waals surface area contributed by atoms with Crippen LogP contribution in [-0.4, -0.2) is 70.0 Å². The van der Waals surface area contributed by atoms with Gasteiger partial charge in [-0.3, -0.25) is 9.69 Å². The first-order valence-corrected chi connectivity index (χ1v) is 15.5. The summed E-state index contributed by atoms with van der Waals surface area (Å²) in [6.45, 7) is 15.8. The number of morpholine rings is 1. The van der Waals surface area contributed by atoms with E-state index in [0.29, 0.717) is 18.3 Å². The summed E-state index contributed by atoms with van der Waals surface area (Å²) in [4.78, 5) is 20.8. The number of likely N-dealkylation sites (tertiary alicyclic amines) is 1. The van der Waals surface area contributed by atoms with E-state index < -0.39 is 0 Å². The van der Waals surface area contributed by atoms with E-state index in [-0.39, 0.29) is 11.3 Å². The lowest BCUT2D eigenvalue weighted by molar-refractivity contribution is -0.120. The summed E-state index contributed by atoms with van der Waals surface area (Å²) in [5.74, 6) is 1.23. The Morgan fingerprint density at radius 1 is 0.800 bits per heavy atom. The number of rotatable bonds is 8. The van der Waals surface area contributed by atoms with Gasteiger partial charge in [-0.25, -0.2) is 0 Å². The fourth-order valence-corrected chi connectivity index (χ4v) is 6.28. The Morgan fingerprint density at radius 3 is 2.05 bits per heavy atom. The van der Waals surface area contributed by atoms with Gasteiger partial charge in [0.25, 0.3) is 0 Å². The summed E-state index contributed by atoms with van der Waals surface area (Å²) < 4.78 is 11.1. The second kappa shape index (κ2) is 13.5. The highest BCUT2D eigenvalue weighted by molar-refractivity contribution is 5.93. The van der Waals surface area contributed by atoms with Crippen LogP contribution in [0, 0.1) is 11.8 Å². The van der Waals surface area contributed by atoms with Crippen molar-refractivity contribution in [2.45, 2.75) is 64.8 Å². The van der Waals surface area contributed by atoms with E-state index >= 15 is 0 Å². The Balaban J connectivity index is 1.20. The van der Waals surface area contributed by atoms with E-state index in [0.717, 1.165) is 97.1 Å². The summed E-state index contributed by atoms with van der Waals surface area (Å²) in [7, 11) is 0. The SMILES string of the molecule is CC(C)(C)c1ccc(CN2CCC(CN(C(=O)CC3CCOCC3)c3ccc(N4CCOCC4)cc3)CC2)cc1. The molecule has 3 aliphatic heterocycles. The fourth-order valence-electron chi connectivity index (χ4n) is 6.28. The molecular formula is C34H49N3O3. The molecule has 0 unspecified atom stereocenters. The summed E-state index contributed by atoms with van der Waals surface area (Å²) >= 11 is 0. The van der Waals surface area contributed by atoms with Crippen LogP contribution in [0.1, 0.15) is 64.0 Å². The van der Waals surface area contributed by atoms with Gasteiger partial charge in [0, 0.05) is 57.2 Å². The van der Waals surface area contributed by atoms with Crippen LogP contribution in [0.2, 0.25) is 0 Å². The third-order valence-electron chi connectivity index (χ3n) is 9.02. The zero-order chi connectivity index (χ0) is 28.0. The molecule has 218 valence electrons. The molecule has 6 nitrogen and oxygen atoms in total. The lowest BCUT2D eigenvalue weighted by atomic mass is 9.86. The quantitative estimate of drug-likeness (QED) is 0.413. The summed E-state index contributed by atoms with van der Waals surface area (Å²) in [6.07, 6.45) is 4.87. The molecule has 0 aromatic heterocycles. The van der Waals surface area contributed by atoms with Crippen molar-refractivity contribution in [3.63, 3.8) is 0 Å². The van der Waals surface area contributed by atoms with Gasteiger partial charge in [0.1, 0.15) is 0 Å². The molecule has 0 radical (unpaired) electrons. The molecule has 3 heterocycles. The maximum Gasteiger partial charge on any atom is 0.227 e. The molecule has 0 spiro atoms. The van der Waals surface area contributed by atoms with Gasteiger partial charge in [-0.1, -0.05) is 45.0 Å². The average Bonchev–Trinajstić information content (AvgIpc) is 2.98. The number of hydrogen-bond donors (Lipinski definition) is 0. The van der Waals surface area contributed by atoms with Gasteiger partial charge in [-0.15, -0.1) is 0 Å². The smallest absolute Gasteiger partial charge is 0.227 e. The Kier molecular flexibility index (Phi) is 9.82. The van der Waals surface area contributed by atoms with E-state index in [1.54, 1.807) is 0 Å². The second-order valence-electron chi connectivity index (χ2n) is 13.0. The molecule has 2 aromatic rings. The first-order chi connectivity index (χ1) is 19.3. The average molecular weight is 548 g/mol. The Bertz CT molecular complexity index is 1060. The molecule has 0 atom stereocenters. The molecular weight excluding hydrogens is 498 g/mol. The van der Waals surface area contributed by atoms with Crippen molar-refractivity contribution < 1.29 is 14.3 Å². The van der Waals surface area contributed by atoms with E-state index in [9.17, 15) is 4.79 Å². The number of carbonyl (C=O) groups is 1. The number of carbonyl (C=O) groups excluding carboxylic acids is 1. The van der Waals surface area contributed by atoms with E-state index in [2.05, 4.69) is 84.0 Å². The van der Waals surface area contributed by atoms with Crippen LogP contribution in [0.15, 0.2) is 48.5 Å². The molecule has 40 heavy (non-hydrogen) atoms. The number of amides is 1. The molecule has 2 aromatic carbocycles. The summed E-state index contributed by atoms with van der Waals surface area (Å²) in [5, 5.41) is 0. The lowest BCUT2D eigenvalue weighted by Crippen LogP contribution is -2.41. The van der Waals surface area contributed by atoms with Crippen LogP contribution in [0.5, 0.6) is 0 Å². The number of hydrogen-bond acceptors (Lipinski definition) is 5. The molecule has 5 rings (SSSR count). The number of piperidine rings is 1. The van der Waals surface area contributed by atoms with Gasteiger partial charge in [-0.2, -0.15) is 0 Å². The van der Waals surface area contributed by atoms with Crippen LogP contribution in [0.4, 0.5) is 11.4 Å². The van der Waals surface area contributed by atoms with Crippen molar-refractivity contribution in [2.24, 2.45) is 11.8 Å². The van der Waals surface area contributed by atoms with Gasteiger partial charge in [0.05, 0.1) is 13.2 Å². The minimum absolute atomic E-state index is 0.188. The molecule has 3 fully saturated rings. The molecule has 1 amide bonds. The van der Waals surface area contributed by atoms with Gasteiger partial charge >= 0.3 is 0 Å². The second-order valence-corrected chi connectivity index (χ2v) is 13.0. The normalized spacial score (nSPS) is 20.0.